The molecule has 0 amide bonds. The molecule has 0 radical (unpaired) electrons. The molecule has 4 heteroatoms. The predicted molar refractivity (Wildman–Crippen MR) is 68.0 cm³/mol. The molecule has 2 unspecified atom stereocenters. The summed E-state index contributed by atoms with van der Waals surface area (Å²) < 4.78 is 30.1. The van der Waals surface area contributed by atoms with Crippen LogP contribution < -0.4 is 5.32 Å². The summed E-state index contributed by atoms with van der Waals surface area (Å²) in [4.78, 5) is 0. The fourth-order valence-electron chi connectivity index (χ4n) is 3.76. The summed E-state index contributed by atoms with van der Waals surface area (Å²) in [5.41, 5.74) is 0.140. The van der Waals surface area contributed by atoms with E-state index >= 15 is 0 Å². The van der Waals surface area contributed by atoms with Crippen LogP contribution in [0.3, 0.4) is 0 Å². The fourth-order valence-corrected chi connectivity index (χ4v) is 3.76. The maximum absolute atomic E-state index is 12.3. The molecule has 18 heavy (non-hydrogen) atoms. The van der Waals surface area contributed by atoms with Crippen molar-refractivity contribution in [2.45, 2.75) is 70.4 Å². The van der Waals surface area contributed by atoms with Gasteiger partial charge >= 0.3 is 0 Å². The minimum atomic E-state index is -2.34. The number of alkyl halides is 2. The van der Waals surface area contributed by atoms with Crippen LogP contribution in [0.1, 0.15) is 51.9 Å². The number of ether oxygens (including phenoxy) is 1. The van der Waals surface area contributed by atoms with Crippen LogP contribution in [0.5, 0.6) is 0 Å². The second-order valence-corrected chi connectivity index (χ2v) is 5.71. The summed E-state index contributed by atoms with van der Waals surface area (Å²) in [6, 6.07) is 0.475. The minimum Gasteiger partial charge on any atom is -0.372 e. The average molecular weight is 261 g/mol. The predicted octanol–water partition coefficient (Wildman–Crippen LogP) is 3.36. The third-order valence-corrected chi connectivity index (χ3v) is 4.69. The number of rotatable bonds is 5. The Kier molecular flexibility index (Phi) is 4.96. The largest absolute Gasteiger partial charge is 0.372 e. The third-order valence-electron chi connectivity index (χ3n) is 4.69. The molecule has 0 aromatic carbocycles. The van der Waals surface area contributed by atoms with Crippen molar-refractivity contribution in [1.82, 2.24) is 5.32 Å². The smallest absolute Gasteiger partial charge is 0.261 e. The van der Waals surface area contributed by atoms with E-state index < -0.39 is 13.0 Å². The molecule has 1 spiro atoms. The summed E-state index contributed by atoms with van der Waals surface area (Å²) in [5.74, 6) is 0. The van der Waals surface area contributed by atoms with Crippen LogP contribution in [0, 0.1) is 5.41 Å². The van der Waals surface area contributed by atoms with Crippen molar-refractivity contribution < 1.29 is 13.5 Å². The average Bonchev–Trinajstić information content (AvgIpc) is 2.60. The lowest BCUT2D eigenvalue weighted by Crippen LogP contribution is -2.63. The SMILES string of the molecule is CCNC1CC(OCC(F)F)C12CCCCCC2. The van der Waals surface area contributed by atoms with Crippen molar-refractivity contribution in [2.75, 3.05) is 13.2 Å². The van der Waals surface area contributed by atoms with Gasteiger partial charge in [0.15, 0.2) is 0 Å². The molecule has 0 bridgehead atoms. The van der Waals surface area contributed by atoms with Gasteiger partial charge < -0.3 is 10.1 Å². The Morgan fingerprint density at radius 1 is 1.22 bits per heavy atom. The molecule has 0 saturated heterocycles. The quantitative estimate of drug-likeness (QED) is 0.819. The zero-order valence-corrected chi connectivity index (χ0v) is 11.3. The molecular weight excluding hydrogens is 236 g/mol. The Morgan fingerprint density at radius 3 is 2.44 bits per heavy atom. The molecule has 2 saturated carbocycles. The summed E-state index contributed by atoms with van der Waals surface area (Å²) in [7, 11) is 0. The number of halogens is 2. The van der Waals surface area contributed by atoms with Crippen molar-refractivity contribution in [3.8, 4) is 0 Å². The molecule has 2 fully saturated rings. The monoisotopic (exact) mass is 261 g/mol. The third kappa shape index (κ3) is 2.85. The van der Waals surface area contributed by atoms with Gasteiger partial charge in [0.1, 0.15) is 6.61 Å². The maximum atomic E-state index is 12.3. The summed E-state index contributed by atoms with van der Waals surface area (Å²) in [6.45, 7) is 2.66. The topological polar surface area (TPSA) is 21.3 Å². The first-order chi connectivity index (χ1) is 8.69. The molecule has 2 aliphatic rings. The highest BCUT2D eigenvalue weighted by atomic mass is 19.3. The van der Waals surface area contributed by atoms with Crippen LogP contribution in [0.4, 0.5) is 8.78 Å². The Labute approximate surface area is 108 Å². The molecule has 0 aliphatic heterocycles. The lowest BCUT2D eigenvalue weighted by Gasteiger charge is -2.56. The van der Waals surface area contributed by atoms with Crippen LogP contribution in [0.25, 0.3) is 0 Å². The normalized spacial score (nSPS) is 31.3. The Balaban J connectivity index is 1.97. The van der Waals surface area contributed by atoms with Gasteiger partial charge in [0.05, 0.1) is 6.10 Å². The second kappa shape index (κ2) is 6.29. The number of hydrogen-bond donors (Lipinski definition) is 1. The highest BCUT2D eigenvalue weighted by molar-refractivity contribution is 5.08. The number of nitrogens with one attached hydrogen (secondary N) is 1. The van der Waals surface area contributed by atoms with Crippen molar-refractivity contribution in [2.24, 2.45) is 5.41 Å². The lowest BCUT2D eigenvalue weighted by atomic mass is 9.57. The lowest BCUT2D eigenvalue weighted by molar-refractivity contribution is -0.161. The van der Waals surface area contributed by atoms with E-state index in [1.165, 1.54) is 25.7 Å². The Bertz CT molecular complexity index is 252. The second-order valence-electron chi connectivity index (χ2n) is 5.71. The zero-order valence-electron chi connectivity index (χ0n) is 11.3. The van der Waals surface area contributed by atoms with Gasteiger partial charge in [-0.25, -0.2) is 8.78 Å². The van der Waals surface area contributed by atoms with Crippen molar-refractivity contribution in [3.63, 3.8) is 0 Å². The molecule has 0 heterocycles. The zero-order chi connectivity index (χ0) is 13.0. The molecule has 106 valence electrons. The van der Waals surface area contributed by atoms with Gasteiger partial charge in [0, 0.05) is 11.5 Å². The standard InChI is InChI=1S/C14H25F2NO/c1-2-17-11-9-12(18-10-13(15)16)14(11)7-5-3-4-6-8-14/h11-13,17H,2-10H2,1H3. The highest BCUT2D eigenvalue weighted by Gasteiger charge is 2.54. The number of hydrogen-bond acceptors (Lipinski definition) is 2. The van der Waals surface area contributed by atoms with E-state index in [0.29, 0.717) is 6.04 Å². The van der Waals surface area contributed by atoms with E-state index in [4.69, 9.17) is 4.74 Å². The van der Waals surface area contributed by atoms with Crippen LogP contribution in [-0.4, -0.2) is 31.7 Å². The molecular formula is C14H25F2NO. The van der Waals surface area contributed by atoms with E-state index in [1.807, 2.05) is 0 Å². The first-order valence-corrected chi connectivity index (χ1v) is 7.32. The summed E-state index contributed by atoms with van der Waals surface area (Å²) in [5, 5.41) is 3.52. The molecule has 2 nitrogen and oxygen atoms in total. The molecule has 1 N–H and O–H groups in total. The van der Waals surface area contributed by atoms with Gasteiger partial charge in [0.2, 0.25) is 0 Å². The molecule has 2 aliphatic carbocycles. The first-order valence-electron chi connectivity index (χ1n) is 7.32. The van der Waals surface area contributed by atoms with Gasteiger partial charge in [-0.3, -0.25) is 0 Å². The van der Waals surface area contributed by atoms with Gasteiger partial charge in [-0.1, -0.05) is 32.6 Å². The van der Waals surface area contributed by atoms with Crippen LogP contribution >= 0.6 is 0 Å². The molecule has 2 rings (SSSR count). The molecule has 0 aromatic rings. The van der Waals surface area contributed by atoms with Crippen molar-refractivity contribution in [1.29, 1.82) is 0 Å². The van der Waals surface area contributed by atoms with Gasteiger partial charge in [-0.2, -0.15) is 0 Å². The molecule has 2 atom stereocenters. The highest BCUT2D eigenvalue weighted by Crippen LogP contribution is 2.52. The van der Waals surface area contributed by atoms with E-state index in [0.717, 1.165) is 25.8 Å². The first kappa shape index (κ1) is 14.2. The van der Waals surface area contributed by atoms with E-state index in [2.05, 4.69) is 12.2 Å². The Hall–Kier alpha value is -0.220. The Morgan fingerprint density at radius 2 is 1.89 bits per heavy atom. The van der Waals surface area contributed by atoms with E-state index in [9.17, 15) is 8.78 Å². The molecule has 0 aromatic heterocycles. The van der Waals surface area contributed by atoms with Crippen molar-refractivity contribution >= 4 is 0 Å². The van der Waals surface area contributed by atoms with Crippen molar-refractivity contribution in [3.05, 3.63) is 0 Å². The van der Waals surface area contributed by atoms with Gasteiger partial charge in [-0.15, -0.1) is 0 Å². The van der Waals surface area contributed by atoms with Crippen LogP contribution in [0.15, 0.2) is 0 Å². The van der Waals surface area contributed by atoms with E-state index in [-0.39, 0.29) is 11.5 Å². The maximum Gasteiger partial charge on any atom is 0.261 e. The van der Waals surface area contributed by atoms with Crippen LogP contribution in [-0.2, 0) is 4.74 Å². The summed E-state index contributed by atoms with van der Waals surface area (Å²) in [6.07, 6.45) is 5.88. The van der Waals surface area contributed by atoms with Gasteiger partial charge in [-0.05, 0) is 25.8 Å². The summed E-state index contributed by atoms with van der Waals surface area (Å²) >= 11 is 0. The fraction of sp³-hybridized carbons (Fsp3) is 1.00. The minimum absolute atomic E-state index is 0.0497. The van der Waals surface area contributed by atoms with Gasteiger partial charge in [0.25, 0.3) is 6.43 Å². The van der Waals surface area contributed by atoms with E-state index in [1.54, 1.807) is 0 Å². The van der Waals surface area contributed by atoms with Crippen LogP contribution in [0.2, 0.25) is 0 Å².